The van der Waals surface area contributed by atoms with E-state index in [-0.39, 0.29) is 25.7 Å². The number of hydrogen-bond acceptors (Lipinski definition) is 15. The van der Waals surface area contributed by atoms with Crippen LogP contribution in [-0.2, 0) is 65.4 Å². The van der Waals surface area contributed by atoms with Crippen LogP contribution < -0.4 is 0 Å². The highest BCUT2D eigenvalue weighted by Crippen LogP contribution is 2.45. The fourth-order valence-corrected chi connectivity index (χ4v) is 11.6. The van der Waals surface area contributed by atoms with Crippen molar-refractivity contribution >= 4 is 39.5 Å². The van der Waals surface area contributed by atoms with Crippen LogP contribution in [0.1, 0.15) is 310 Å². The topological polar surface area (TPSA) is 237 Å². The minimum Gasteiger partial charge on any atom is -0.462 e. The number of aliphatic hydroxyl groups excluding tert-OH is 1. The van der Waals surface area contributed by atoms with Crippen LogP contribution in [0.25, 0.3) is 0 Å². The maximum absolute atomic E-state index is 13.1. The van der Waals surface area contributed by atoms with Crippen LogP contribution in [0.15, 0.2) is 122 Å². The molecule has 0 aromatic carbocycles. The summed E-state index contributed by atoms with van der Waals surface area (Å²) < 4.78 is 68.4. The molecule has 0 spiro atoms. The molecule has 0 aliphatic heterocycles. The highest BCUT2D eigenvalue weighted by molar-refractivity contribution is 7.47. The van der Waals surface area contributed by atoms with Crippen molar-refractivity contribution in [2.75, 3.05) is 39.6 Å². The first kappa shape index (κ1) is 95.5. The van der Waals surface area contributed by atoms with E-state index in [1.807, 2.05) is 0 Å². The van der Waals surface area contributed by atoms with Gasteiger partial charge in [0, 0.05) is 25.7 Å². The van der Waals surface area contributed by atoms with Gasteiger partial charge < -0.3 is 33.8 Å². The van der Waals surface area contributed by atoms with Gasteiger partial charge >= 0.3 is 39.5 Å². The van der Waals surface area contributed by atoms with Crippen LogP contribution in [0.4, 0.5) is 0 Å². The number of allylic oxidation sites excluding steroid dienone is 20. The maximum Gasteiger partial charge on any atom is 0.472 e. The zero-order valence-corrected chi connectivity index (χ0v) is 64.4. The largest absolute Gasteiger partial charge is 0.472 e. The Hall–Kier alpha value is -4.54. The standard InChI is InChI=1S/C81H138O17P2/c1-5-9-13-17-21-25-29-32-34-36-37-39-40-43-47-50-54-58-62-66-79(84)92-72-77(98-81(86)68-64-60-56-52-48-44-41-38-35-33-30-26-22-18-14-10-6-2)74-96-100(89,90)94-70-75(82)69-93-99(87,88)95-73-76(97-80(85)67-63-59-55-51-45-28-24-20-16-12-8-4)71-91-78(83)65-61-57-53-49-46-42-31-27-23-19-15-11-7-3/h9-10,13-14,20-22,24-27,31-35,37,39,43,47,75-77,82H,5-8,11-12,15-19,23,28-30,36,38,40-42,44-46,48-74H2,1-4H3,(H,87,88)(H,89,90)/b13-9-,14-10-,24-20-,25-21-,26-22-,31-27-,34-32-,35-33-,39-37-,47-43-. The molecule has 0 aromatic heterocycles. The fraction of sp³-hybridized carbons (Fsp3) is 0.704. The van der Waals surface area contributed by atoms with Crippen molar-refractivity contribution < 1.29 is 80.2 Å². The number of hydrogen-bond donors (Lipinski definition) is 3. The number of phosphoric acid groups is 2. The summed E-state index contributed by atoms with van der Waals surface area (Å²) in [6, 6.07) is 0. The lowest BCUT2D eigenvalue weighted by atomic mass is 10.1. The molecule has 0 aliphatic rings. The second-order valence-corrected chi connectivity index (χ2v) is 28.4. The van der Waals surface area contributed by atoms with Gasteiger partial charge in [-0.05, 0) is 148 Å². The van der Waals surface area contributed by atoms with Gasteiger partial charge in [-0.2, -0.15) is 0 Å². The number of phosphoric ester groups is 2. The van der Waals surface area contributed by atoms with E-state index in [9.17, 15) is 43.2 Å². The van der Waals surface area contributed by atoms with Gasteiger partial charge in [0.2, 0.25) is 0 Å². The fourth-order valence-electron chi connectivity index (χ4n) is 10.0. The van der Waals surface area contributed by atoms with Crippen LogP contribution in [0.2, 0.25) is 0 Å². The molecule has 0 saturated heterocycles. The number of ether oxygens (including phenoxy) is 4. The Kier molecular flexibility index (Phi) is 69.5. The number of unbranched alkanes of at least 4 members (excludes halogenated alkanes) is 26. The summed E-state index contributed by atoms with van der Waals surface area (Å²) in [5.74, 6) is -2.24. The molecule has 19 heteroatoms. The Morgan fingerprint density at radius 2 is 0.530 bits per heavy atom. The monoisotopic (exact) mass is 1440 g/mol. The summed E-state index contributed by atoms with van der Waals surface area (Å²) in [4.78, 5) is 72.9. The van der Waals surface area contributed by atoms with Crippen LogP contribution in [-0.4, -0.2) is 96.7 Å². The van der Waals surface area contributed by atoms with Crippen molar-refractivity contribution in [1.29, 1.82) is 0 Å². The predicted octanol–water partition coefficient (Wildman–Crippen LogP) is 22.3. The molecule has 5 unspecified atom stereocenters. The van der Waals surface area contributed by atoms with Crippen molar-refractivity contribution in [1.82, 2.24) is 0 Å². The van der Waals surface area contributed by atoms with Crippen molar-refractivity contribution in [2.45, 2.75) is 329 Å². The molecule has 0 amide bonds. The van der Waals surface area contributed by atoms with Crippen LogP contribution in [0.5, 0.6) is 0 Å². The molecule has 0 saturated carbocycles. The predicted molar refractivity (Wildman–Crippen MR) is 408 cm³/mol. The molecule has 0 heterocycles. The highest BCUT2D eigenvalue weighted by atomic mass is 31.2. The van der Waals surface area contributed by atoms with Crippen molar-refractivity contribution in [2.24, 2.45) is 0 Å². The molecule has 5 atom stereocenters. The van der Waals surface area contributed by atoms with Crippen molar-refractivity contribution in [3.05, 3.63) is 122 Å². The molecule has 0 fully saturated rings. The Morgan fingerprint density at radius 1 is 0.290 bits per heavy atom. The summed E-state index contributed by atoms with van der Waals surface area (Å²) >= 11 is 0. The lowest BCUT2D eigenvalue weighted by Gasteiger charge is -2.21. The summed E-state index contributed by atoms with van der Waals surface area (Å²) in [5, 5.41) is 10.6. The van der Waals surface area contributed by atoms with Crippen molar-refractivity contribution in [3.8, 4) is 0 Å². The van der Waals surface area contributed by atoms with Crippen LogP contribution in [0, 0.1) is 0 Å². The lowest BCUT2D eigenvalue weighted by Crippen LogP contribution is -2.30. The van der Waals surface area contributed by atoms with E-state index < -0.39 is 97.5 Å². The van der Waals surface area contributed by atoms with Gasteiger partial charge in [0.15, 0.2) is 12.2 Å². The van der Waals surface area contributed by atoms with Gasteiger partial charge in [0.05, 0.1) is 26.4 Å². The summed E-state index contributed by atoms with van der Waals surface area (Å²) in [5.41, 5.74) is 0. The first-order valence-electron chi connectivity index (χ1n) is 38.8. The smallest absolute Gasteiger partial charge is 0.462 e. The average Bonchev–Trinajstić information content (AvgIpc) is 0.930. The second kappa shape index (κ2) is 72.8. The Bertz CT molecular complexity index is 2370. The zero-order chi connectivity index (χ0) is 73.2. The van der Waals surface area contributed by atoms with E-state index in [0.29, 0.717) is 25.7 Å². The number of esters is 4. The summed E-state index contributed by atoms with van der Waals surface area (Å²) in [6.45, 7) is 4.53. The molecule has 3 N–H and O–H groups in total. The molecule has 0 radical (unpaired) electrons. The van der Waals surface area contributed by atoms with Crippen LogP contribution >= 0.6 is 15.6 Å². The van der Waals surface area contributed by atoms with Gasteiger partial charge in [-0.3, -0.25) is 37.3 Å². The van der Waals surface area contributed by atoms with E-state index in [1.54, 1.807) is 0 Å². The molecule has 17 nitrogen and oxygen atoms in total. The Labute approximate surface area is 606 Å². The number of rotatable bonds is 72. The molecule has 100 heavy (non-hydrogen) atoms. The first-order chi connectivity index (χ1) is 48.7. The minimum atomic E-state index is -4.99. The van der Waals surface area contributed by atoms with Gasteiger partial charge in [0.25, 0.3) is 0 Å². The number of aliphatic hydroxyl groups is 1. The highest BCUT2D eigenvalue weighted by Gasteiger charge is 2.30. The van der Waals surface area contributed by atoms with E-state index in [0.717, 1.165) is 193 Å². The maximum atomic E-state index is 13.1. The van der Waals surface area contributed by atoms with E-state index >= 15 is 0 Å². The van der Waals surface area contributed by atoms with Gasteiger partial charge in [-0.1, -0.05) is 258 Å². The molecule has 0 aliphatic carbocycles. The molecule has 574 valence electrons. The quantitative estimate of drug-likeness (QED) is 0.0169. The summed E-state index contributed by atoms with van der Waals surface area (Å²) in [6.07, 6.45) is 79.0. The minimum absolute atomic E-state index is 0.0733. The zero-order valence-electron chi connectivity index (χ0n) is 62.6. The van der Waals surface area contributed by atoms with Crippen LogP contribution in [0.3, 0.4) is 0 Å². The SMILES string of the molecule is CC/C=C\C/C=C\C/C=C\C/C=C\C/C=C\CCCCCC(=O)OCC(COP(=O)(O)OCC(O)COP(=O)(O)OCC(COC(=O)CCCCCCC/C=C\CCCCCC)OC(=O)CCCCCCC/C=C\CCCC)OC(=O)CCCCCCCCC/C=C\C/C=C\C/C=C\CC. The third kappa shape index (κ3) is 71.8. The average molecular weight is 1450 g/mol. The van der Waals surface area contributed by atoms with Gasteiger partial charge in [-0.15, -0.1) is 0 Å². The summed E-state index contributed by atoms with van der Waals surface area (Å²) in [7, 11) is -9.97. The molecule has 0 rings (SSSR count). The molecule has 0 bridgehead atoms. The first-order valence-corrected chi connectivity index (χ1v) is 41.8. The normalized spacial score (nSPS) is 14.6. The third-order valence-corrected chi connectivity index (χ3v) is 17.8. The van der Waals surface area contributed by atoms with E-state index in [1.165, 1.54) is 38.5 Å². The Balaban J connectivity index is 5.38. The van der Waals surface area contributed by atoms with Gasteiger partial charge in [-0.25, -0.2) is 9.13 Å². The third-order valence-electron chi connectivity index (χ3n) is 15.9. The number of carbonyl (C=O) groups excluding carboxylic acids is 4. The van der Waals surface area contributed by atoms with Gasteiger partial charge in [0.1, 0.15) is 19.3 Å². The number of carbonyl (C=O) groups is 4. The second-order valence-electron chi connectivity index (χ2n) is 25.5. The molecular formula is C81H138O17P2. The lowest BCUT2D eigenvalue weighted by molar-refractivity contribution is -0.161. The Morgan fingerprint density at radius 3 is 0.850 bits per heavy atom. The van der Waals surface area contributed by atoms with E-state index in [4.69, 9.17) is 37.0 Å². The molecule has 0 aromatic rings. The van der Waals surface area contributed by atoms with E-state index in [2.05, 4.69) is 149 Å². The molecular weight excluding hydrogens is 1310 g/mol. The van der Waals surface area contributed by atoms with Crippen molar-refractivity contribution in [3.63, 3.8) is 0 Å².